The van der Waals surface area contributed by atoms with Crippen LogP contribution in [0.5, 0.6) is 0 Å². The van der Waals surface area contributed by atoms with Crippen molar-refractivity contribution in [3.63, 3.8) is 0 Å². The van der Waals surface area contributed by atoms with Crippen LogP contribution in [-0.4, -0.2) is 13.7 Å². The molecule has 11 heavy (non-hydrogen) atoms. The van der Waals surface area contributed by atoms with Crippen LogP contribution in [0, 0.1) is 17.8 Å². The lowest BCUT2D eigenvalue weighted by atomic mass is 9.95. The molecule has 0 amide bonds. The Bertz CT molecular complexity index is 165. The summed E-state index contributed by atoms with van der Waals surface area (Å²) in [7, 11) is 1.57. The highest BCUT2D eigenvalue weighted by Gasteiger charge is 2.35. The highest BCUT2D eigenvalue weighted by Crippen LogP contribution is 2.43. The van der Waals surface area contributed by atoms with Crippen LogP contribution < -0.4 is 0 Å². The molecule has 0 aromatic rings. The maximum absolute atomic E-state index is 4.94. The Kier molecular flexibility index (Phi) is 1.96. The first kappa shape index (κ1) is 7.32. The van der Waals surface area contributed by atoms with Crippen LogP contribution in [0.4, 0.5) is 0 Å². The summed E-state index contributed by atoms with van der Waals surface area (Å²) in [5.41, 5.74) is 0. The summed E-state index contributed by atoms with van der Waals surface area (Å²) in [5.74, 6) is 2.32. The molecule has 0 heterocycles. The van der Waals surface area contributed by atoms with E-state index in [0.717, 1.165) is 18.4 Å². The fraction of sp³-hybridized carbons (Fsp3) is 0.778. The van der Waals surface area contributed by atoms with Gasteiger partial charge in [0, 0.05) is 0 Å². The predicted octanol–water partition coefficient (Wildman–Crippen LogP) is 1.78. The second kappa shape index (κ2) is 2.95. The molecule has 0 aromatic heterocycles. The van der Waals surface area contributed by atoms with Gasteiger partial charge in [-0.2, -0.15) is 0 Å². The summed E-state index contributed by atoms with van der Waals surface area (Å²) in [6.07, 6.45) is 7.31. The highest BCUT2D eigenvalue weighted by molar-refractivity contribution is 5.09. The quantitative estimate of drug-likeness (QED) is 0.350. The van der Waals surface area contributed by atoms with Crippen molar-refractivity contribution in [3.8, 4) is 0 Å². The summed E-state index contributed by atoms with van der Waals surface area (Å²) >= 11 is 0. The fourth-order valence-corrected chi connectivity index (χ4v) is 2.24. The van der Waals surface area contributed by atoms with Gasteiger partial charge in [-0.1, -0.05) is 12.2 Å². The first-order valence-electron chi connectivity index (χ1n) is 4.24. The second-order valence-corrected chi connectivity index (χ2v) is 3.49. The molecule has 0 aliphatic heterocycles. The van der Waals surface area contributed by atoms with E-state index in [9.17, 15) is 0 Å². The van der Waals surface area contributed by atoms with Gasteiger partial charge in [-0.05, 0) is 30.6 Å². The summed E-state index contributed by atoms with van der Waals surface area (Å²) in [5, 5.41) is 0. The SMILES string of the molecule is COOCC1CC2C=CC1C2. The average Bonchev–Trinajstić information content (AvgIpc) is 2.60. The first-order valence-corrected chi connectivity index (χ1v) is 4.24. The van der Waals surface area contributed by atoms with Gasteiger partial charge in [0.2, 0.25) is 0 Å². The molecule has 3 atom stereocenters. The smallest absolute Gasteiger partial charge is 0.0856 e. The molecule has 2 heteroatoms. The number of hydrogen-bond acceptors (Lipinski definition) is 2. The van der Waals surface area contributed by atoms with Crippen molar-refractivity contribution in [2.45, 2.75) is 12.8 Å². The third kappa shape index (κ3) is 1.33. The van der Waals surface area contributed by atoms with Crippen molar-refractivity contribution in [3.05, 3.63) is 12.2 Å². The zero-order chi connectivity index (χ0) is 7.68. The lowest BCUT2D eigenvalue weighted by molar-refractivity contribution is -0.280. The number of allylic oxidation sites excluding steroid dienone is 2. The van der Waals surface area contributed by atoms with E-state index >= 15 is 0 Å². The predicted molar refractivity (Wildman–Crippen MR) is 41.8 cm³/mol. The van der Waals surface area contributed by atoms with Crippen LogP contribution in [0.3, 0.4) is 0 Å². The number of fused-ring (bicyclic) bond motifs is 2. The van der Waals surface area contributed by atoms with Gasteiger partial charge in [0.1, 0.15) is 0 Å². The van der Waals surface area contributed by atoms with Crippen molar-refractivity contribution in [1.29, 1.82) is 0 Å². The fourth-order valence-electron chi connectivity index (χ4n) is 2.24. The molecule has 2 nitrogen and oxygen atoms in total. The maximum atomic E-state index is 4.94. The molecule has 62 valence electrons. The zero-order valence-electron chi connectivity index (χ0n) is 6.82. The molecule has 0 radical (unpaired) electrons. The summed E-state index contributed by atoms with van der Waals surface area (Å²) in [6, 6.07) is 0. The third-order valence-corrected chi connectivity index (χ3v) is 2.82. The van der Waals surface area contributed by atoms with Crippen LogP contribution in [0.1, 0.15) is 12.8 Å². The van der Waals surface area contributed by atoms with E-state index in [1.165, 1.54) is 12.8 Å². The molecule has 2 bridgehead atoms. The van der Waals surface area contributed by atoms with E-state index < -0.39 is 0 Å². The normalized spacial score (nSPS) is 40.3. The molecular weight excluding hydrogens is 140 g/mol. The van der Waals surface area contributed by atoms with E-state index in [1.54, 1.807) is 7.11 Å². The van der Waals surface area contributed by atoms with Gasteiger partial charge in [0.15, 0.2) is 0 Å². The standard InChI is InChI=1S/C9H14O2/c1-10-11-6-9-5-7-2-3-8(9)4-7/h2-3,7-9H,4-6H2,1H3. The number of rotatable bonds is 3. The highest BCUT2D eigenvalue weighted by atomic mass is 17.2. The molecule has 0 aromatic carbocycles. The molecule has 1 fully saturated rings. The topological polar surface area (TPSA) is 18.5 Å². The van der Waals surface area contributed by atoms with E-state index in [4.69, 9.17) is 4.89 Å². The largest absolute Gasteiger partial charge is 0.240 e. The second-order valence-electron chi connectivity index (χ2n) is 3.49. The molecule has 0 saturated heterocycles. The van der Waals surface area contributed by atoms with Crippen molar-refractivity contribution in [1.82, 2.24) is 0 Å². The van der Waals surface area contributed by atoms with Gasteiger partial charge < -0.3 is 0 Å². The third-order valence-electron chi connectivity index (χ3n) is 2.82. The van der Waals surface area contributed by atoms with Crippen LogP contribution >= 0.6 is 0 Å². The van der Waals surface area contributed by atoms with Crippen molar-refractivity contribution in [2.75, 3.05) is 13.7 Å². The molecule has 2 aliphatic rings. The van der Waals surface area contributed by atoms with Gasteiger partial charge in [-0.3, -0.25) is 0 Å². The monoisotopic (exact) mass is 154 g/mol. The van der Waals surface area contributed by atoms with E-state index in [0.29, 0.717) is 5.92 Å². The lowest BCUT2D eigenvalue weighted by Gasteiger charge is -2.15. The average molecular weight is 154 g/mol. The van der Waals surface area contributed by atoms with Crippen LogP contribution in [0.25, 0.3) is 0 Å². The Morgan fingerprint density at radius 1 is 1.36 bits per heavy atom. The van der Waals surface area contributed by atoms with Crippen LogP contribution in [0.15, 0.2) is 12.2 Å². The Morgan fingerprint density at radius 3 is 2.82 bits per heavy atom. The summed E-state index contributed by atoms with van der Waals surface area (Å²) in [6.45, 7) is 0.766. The molecule has 2 aliphatic carbocycles. The molecule has 0 spiro atoms. The van der Waals surface area contributed by atoms with Gasteiger partial charge in [0.25, 0.3) is 0 Å². The Morgan fingerprint density at radius 2 is 2.27 bits per heavy atom. The first-order chi connectivity index (χ1) is 5.40. The lowest BCUT2D eigenvalue weighted by Crippen LogP contribution is -2.13. The van der Waals surface area contributed by atoms with E-state index in [-0.39, 0.29) is 0 Å². The zero-order valence-corrected chi connectivity index (χ0v) is 6.82. The molecule has 0 N–H and O–H groups in total. The number of hydrogen-bond donors (Lipinski definition) is 0. The van der Waals surface area contributed by atoms with Crippen LogP contribution in [-0.2, 0) is 9.78 Å². The van der Waals surface area contributed by atoms with Gasteiger partial charge in [-0.15, -0.1) is 0 Å². The maximum Gasteiger partial charge on any atom is 0.0856 e. The van der Waals surface area contributed by atoms with E-state index in [1.807, 2.05) is 0 Å². The minimum absolute atomic E-state index is 0.713. The summed E-state index contributed by atoms with van der Waals surface area (Å²) < 4.78 is 0. The Balaban J connectivity index is 1.84. The minimum atomic E-state index is 0.713. The van der Waals surface area contributed by atoms with Gasteiger partial charge in [-0.25, -0.2) is 9.78 Å². The Hall–Kier alpha value is -0.340. The van der Waals surface area contributed by atoms with Crippen molar-refractivity contribution < 1.29 is 9.78 Å². The van der Waals surface area contributed by atoms with Crippen LogP contribution in [0.2, 0.25) is 0 Å². The van der Waals surface area contributed by atoms with Gasteiger partial charge in [0.05, 0.1) is 13.7 Å². The Labute approximate surface area is 67.1 Å². The van der Waals surface area contributed by atoms with Crippen molar-refractivity contribution >= 4 is 0 Å². The van der Waals surface area contributed by atoms with E-state index in [2.05, 4.69) is 17.0 Å². The molecule has 3 unspecified atom stereocenters. The minimum Gasteiger partial charge on any atom is -0.240 e. The van der Waals surface area contributed by atoms with Gasteiger partial charge >= 0.3 is 0 Å². The molecule has 2 rings (SSSR count). The summed E-state index contributed by atoms with van der Waals surface area (Å²) in [4.78, 5) is 9.52. The molecule has 1 saturated carbocycles. The van der Waals surface area contributed by atoms with Crippen molar-refractivity contribution in [2.24, 2.45) is 17.8 Å². The molecular formula is C9H14O2.